The van der Waals surface area contributed by atoms with Crippen LogP contribution in [-0.2, 0) is 12.2 Å². The number of para-hydroxylation sites is 1. The van der Waals surface area contributed by atoms with E-state index in [0.717, 1.165) is 18.6 Å². The summed E-state index contributed by atoms with van der Waals surface area (Å²) < 4.78 is 0. The van der Waals surface area contributed by atoms with Gasteiger partial charge in [0.2, 0.25) is 0 Å². The van der Waals surface area contributed by atoms with Crippen LogP contribution >= 0.6 is 11.8 Å². The molecule has 1 unspecified atom stereocenters. The van der Waals surface area contributed by atoms with Crippen LogP contribution in [0.25, 0.3) is 0 Å². The standard InChI is InChI=1S/C22H20NS/c1-2-8-17(9-3-1)16-24-22-13-7-5-11-19(22)21-15-14-18-10-4-6-12-20(18)23-21/h1-12,21,23H,14-16H2. The van der Waals surface area contributed by atoms with E-state index in [1.807, 2.05) is 17.8 Å². The van der Waals surface area contributed by atoms with Crippen molar-refractivity contribution in [1.82, 2.24) is 0 Å². The molecule has 0 aromatic heterocycles. The lowest BCUT2D eigenvalue weighted by molar-refractivity contribution is 0.658. The fourth-order valence-electron chi connectivity index (χ4n) is 3.24. The molecular formula is C22H20NS. The molecule has 0 spiro atoms. The first kappa shape index (κ1) is 15.3. The fourth-order valence-corrected chi connectivity index (χ4v) is 4.27. The summed E-state index contributed by atoms with van der Waals surface area (Å²) in [4.78, 5) is 1.26. The van der Waals surface area contributed by atoms with E-state index in [0.29, 0.717) is 6.04 Å². The molecule has 1 nitrogen and oxygen atoms in total. The molecule has 1 atom stereocenters. The van der Waals surface area contributed by atoms with Crippen LogP contribution in [0.5, 0.6) is 0 Å². The smallest absolute Gasteiger partial charge is 0.0528 e. The second-order valence-electron chi connectivity index (χ2n) is 6.12. The number of nitrogens with one attached hydrogen (secondary N) is 1. The first-order valence-electron chi connectivity index (χ1n) is 8.42. The Morgan fingerprint density at radius 1 is 0.958 bits per heavy atom. The van der Waals surface area contributed by atoms with Crippen molar-refractivity contribution >= 4 is 17.4 Å². The summed E-state index contributed by atoms with van der Waals surface area (Å²) in [6, 6.07) is 29.5. The Balaban J connectivity index is 1.54. The average Bonchev–Trinajstić information content (AvgIpc) is 2.67. The van der Waals surface area contributed by atoms with Crippen molar-refractivity contribution in [3.8, 4) is 0 Å². The largest absolute Gasteiger partial charge is 0.378 e. The lowest BCUT2D eigenvalue weighted by Gasteiger charge is -2.28. The molecule has 1 N–H and O–H groups in total. The van der Waals surface area contributed by atoms with Gasteiger partial charge in [-0.1, -0.05) is 66.7 Å². The van der Waals surface area contributed by atoms with E-state index in [-0.39, 0.29) is 0 Å². The number of thioether (sulfide) groups is 1. The summed E-state index contributed by atoms with van der Waals surface area (Å²) in [6.07, 6.45) is 2.26. The Morgan fingerprint density at radius 3 is 2.71 bits per heavy atom. The highest BCUT2D eigenvalue weighted by atomic mass is 32.2. The first-order chi connectivity index (χ1) is 11.9. The van der Waals surface area contributed by atoms with Crippen LogP contribution in [0.3, 0.4) is 0 Å². The highest BCUT2D eigenvalue weighted by Crippen LogP contribution is 2.37. The zero-order valence-corrected chi connectivity index (χ0v) is 14.4. The van der Waals surface area contributed by atoms with Gasteiger partial charge in [-0.3, -0.25) is 0 Å². The Bertz CT molecular complexity index is 813. The molecule has 0 saturated heterocycles. The zero-order chi connectivity index (χ0) is 16.2. The van der Waals surface area contributed by atoms with Crippen molar-refractivity contribution in [3.05, 3.63) is 95.6 Å². The second kappa shape index (κ2) is 7.14. The van der Waals surface area contributed by atoms with Gasteiger partial charge in [-0.15, -0.1) is 11.8 Å². The molecule has 119 valence electrons. The normalized spacial score (nSPS) is 16.2. The molecule has 1 radical (unpaired) electrons. The van der Waals surface area contributed by atoms with Crippen molar-refractivity contribution in [2.75, 3.05) is 5.32 Å². The molecule has 4 rings (SSSR count). The van der Waals surface area contributed by atoms with E-state index in [4.69, 9.17) is 0 Å². The van der Waals surface area contributed by atoms with Crippen LogP contribution in [0, 0.1) is 6.07 Å². The van der Waals surface area contributed by atoms with Crippen LogP contribution in [-0.4, -0.2) is 0 Å². The van der Waals surface area contributed by atoms with Gasteiger partial charge in [-0.25, -0.2) is 0 Å². The summed E-state index contributed by atoms with van der Waals surface area (Å²) in [5, 5.41) is 3.72. The molecule has 1 aliphatic rings. The minimum absolute atomic E-state index is 0.371. The van der Waals surface area contributed by atoms with Crippen molar-refractivity contribution in [2.24, 2.45) is 0 Å². The monoisotopic (exact) mass is 330 g/mol. The van der Waals surface area contributed by atoms with Gasteiger partial charge >= 0.3 is 0 Å². The quantitative estimate of drug-likeness (QED) is 0.600. The van der Waals surface area contributed by atoms with Gasteiger partial charge in [0.25, 0.3) is 0 Å². The molecule has 3 aromatic rings. The number of hydrogen-bond donors (Lipinski definition) is 1. The molecule has 0 saturated carbocycles. The van der Waals surface area contributed by atoms with Gasteiger partial charge in [0.05, 0.1) is 6.04 Å². The summed E-state index contributed by atoms with van der Waals surface area (Å²) in [7, 11) is 0. The summed E-state index contributed by atoms with van der Waals surface area (Å²) in [6.45, 7) is 0. The van der Waals surface area contributed by atoms with Crippen LogP contribution in [0.2, 0.25) is 0 Å². The van der Waals surface area contributed by atoms with Crippen molar-refractivity contribution in [1.29, 1.82) is 0 Å². The molecule has 2 heteroatoms. The Morgan fingerprint density at radius 2 is 1.79 bits per heavy atom. The van der Waals surface area contributed by atoms with Gasteiger partial charge in [0.1, 0.15) is 0 Å². The van der Waals surface area contributed by atoms with E-state index < -0.39 is 0 Å². The van der Waals surface area contributed by atoms with Gasteiger partial charge in [-0.05, 0) is 41.7 Å². The van der Waals surface area contributed by atoms with Crippen LogP contribution in [0.4, 0.5) is 5.69 Å². The first-order valence-corrected chi connectivity index (χ1v) is 9.40. The predicted molar refractivity (Wildman–Crippen MR) is 102 cm³/mol. The maximum Gasteiger partial charge on any atom is 0.0528 e. The van der Waals surface area contributed by atoms with Crippen LogP contribution < -0.4 is 5.32 Å². The molecule has 1 aliphatic heterocycles. The molecule has 3 aromatic carbocycles. The van der Waals surface area contributed by atoms with E-state index in [1.165, 1.54) is 27.3 Å². The molecular weight excluding hydrogens is 310 g/mol. The molecule has 24 heavy (non-hydrogen) atoms. The SMILES string of the molecule is [c]1cccc(C2CCc3ccccc3N2)c1SCc1ccccc1. The van der Waals surface area contributed by atoms with Crippen LogP contribution in [0.1, 0.15) is 29.2 Å². The zero-order valence-electron chi connectivity index (χ0n) is 13.5. The van der Waals surface area contributed by atoms with Crippen molar-refractivity contribution in [2.45, 2.75) is 29.5 Å². The maximum absolute atomic E-state index is 3.72. The molecule has 0 aliphatic carbocycles. The highest BCUT2D eigenvalue weighted by molar-refractivity contribution is 7.98. The third-order valence-electron chi connectivity index (χ3n) is 4.50. The number of anilines is 1. The lowest BCUT2D eigenvalue weighted by Crippen LogP contribution is -2.18. The Kier molecular flexibility index (Phi) is 4.57. The van der Waals surface area contributed by atoms with E-state index in [2.05, 4.69) is 78.1 Å². The highest BCUT2D eigenvalue weighted by Gasteiger charge is 2.21. The molecule has 1 heterocycles. The van der Waals surface area contributed by atoms with E-state index in [1.54, 1.807) is 0 Å². The third kappa shape index (κ3) is 3.34. The minimum Gasteiger partial charge on any atom is -0.378 e. The van der Waals surface area contributed by atoms with E-state index in [9.17, 15) is 0 Å². The lowest BCUT2D eigenvalue weighted by atomic mass is 9.93. The minimum atomic E-state index is 0.371. The van der Waals surface area contributed by atoms with Gasteiger partial charge in [0, 0.05) is 16.3 Å². The summed E-state index contributed by atoms with van der Waals surface area (Å²) >= 11 is 1.88. The van der Waals surface area contributed by atoms with Gasteiger partial charge < -0.3 is 5.32 Å². The second-order valence-corrected chi connectivity index (χ2v) is 7.11. The third-order valence-corrected chi connectivity index (χ3v) is 5.62. The average molecular weight is 330 g/mol. The van der Waals surface area contributed by atoms with Gasteiger partial charge in [-0.2, -0.15) is 0 Å². The Labute approximate surface area is 148 Å². The van der Waals surface area contributed by atoms with E-state index >= 15 is 0 Å². The number of hydrogen-bond acceptors (Lipinski definition) is 2. The number of fused-ring (bicyclic) bond motifs is 1. The molecule has 0 bridgehead atoms. The maximum atomic E-state index is 3.72. The number of rotatable bonds is 4. The Hall–Kier alpha value is -2.19. The van der Waals surface area contributed by atoms with Crippen LogP contribution in [0.15, 0.2) is 77.7 Å². The summed E-state index contributed by atoms with van der Waals surface area (Å²) in [5.41, 5.74) is 5.42. The summed E-state index contributed by atoms with van der Waals surface area (Å²) in [5.74, 6) is 0.984. The molecule has 0 amide bonds. The topological polar surface area (TPSA) is 12.0 Å². The predicted octanol–water partition coefficient (Wildman–Crippen LogP) is 5.88. The fraction of sp³-hybridized carbons (Fsp3) is 0.182. The van der Waals surface area contributed by atoms with Gasteiger partial charge in [0.15, 0.2) is 0 Å². The number of benzene rings is 3. The molecule has 0 fully saturated rings. The van der Waals surface area contributed by atoms with Crippen molar-refractivity contribution in [3.63, 3.8) is 0 Å². The number of aryl methyl sites for hydroxylation is 1. The van der Waals surface area contributed by atoms with Crippen molar-refractivity contribution < 1.29 is 0 Å².